The van der Waals surface area contributed by atoms with Gasteiger partial charge in [-0.1, -0.05) is 206 Å². The van der Waals surface area contributed by atoms with Gasteiger partial charge in [0, 0.05) is 24.7 Å². The highest BCUT2D eigenvalue weighted by atomic mass is 32.2. The molecule has 0 radical (unpaired) electrons. The lowest BCUT2D eigenvalue weighted by Crippen LogP contribution is -2.57. The van der Waals surface area contributed by atoms with Gasteiger partial charge in [0.1, 0.15) is 0 Å². The van der Waals surface area contributed by atoms with Crippen LogP contribution in [0, 0.1) is 125 Å². The molecule has 16 aliphatic carbocycles. The van der Waals surface area contributed by atoms with Crippen LogP contribution in [0.4, 0.5) is 0 Å². The van der Waals surface area contributed by atoms with Gasteiger partial charge in [-0.15, -0.1) is 0 Å². The highest BCUT2D eigenvalue weighted by Crippen LogP contribution is 2.70. The first-order valence-corrected chi connectivity index (χ1v) is 47.6. The van der Waals surface area contributed by atoms with Crippen molar-refractivity contribution in [1.29, 1.82) is 0 Å². The molecule has 21 rings (SSSR count). The van der Waals surface area contributed by atoms with Crippen molar-refractivity contribution in [2.75, 3.05) is 46.2 Å². The second-order valence-electron chi connectivity index (χ2n) is 48.4. The number of esters is 8. The number of carbonyl (C=O) groups excluding carboxylic acids is 8. The SMILES string of the molecule is CC.CC(C)(C)COC(=O)C12CC3CC(C(=O)O1)C2C3.CC(C)(C)COC(=O)C12CC3CC(C1)CC(c1ccccc1)(C3)C2.CC(C)(C)COC(=O)C12CC3CC(C1)CC(c1ccccc1)(C3)C2.CC(C)(C)COC(=O)C12CC3CC(CC(C)(C3)C1)C2.CC(C)(C)COC(=O)C12CC3CC1C(C3)S(=O)(=O)O2.CC(C)(C)COC(=O)C1CCOC1=O. The number of carbonyl (C=O) groups is 8. The maximum Gasteiger partial charge on any atom is 0.350 e. The molecule has 120 heavy (non-hydrogen) atoms. The lowest BCUT2D eigenvalue weighted by Gasteiger charge is -2.61. The van der Waals surface area contributed by atoms with Crippen LogP contribution in [0.2, 0.25) is 0 Å². The summed E-state index contributed by atoms with van der Waals surface area (Å²) in [7, 11) is -3.59. The highest BCUT2D eigenvalue weighted by Gasteiger charge is 2.73. The third-order valence-corrected chi connectivity index (χ3v) is 30.9. The van der Waals surface area contributed by atoms with Gasteiger partial charge in [0.25, 0.3) is 10.1 Å². The van der Waals surface area contributed by atoms with Gasteiger partial charge >= 0.3 is 47.8 Å². The predicted molar refractivity (Wildman–Crippen MR) is 459 cm³/mol. The van der Waals surface area contributed by atoms with E-state index in [-0.39, 0.29) is 120 Å². The fraction of sp³-hybridized carbons (Fsp3) is 0.800. The van der Waals surface area contributed by atoms with E-state index in [0.717, 1.165) is 88.9 Å². The van der Waals surface area contributed by atoms with E-state index in [1.54, 1.807) is 0 Å². The van der Waals surface area contributed by atoms with E-state index in [9.17, 15) is 46.8 Å². The van der Waals surface area contributed by atoms with Gasteiger partial charge < -0.3 is 37.9 Å². The van der Waals surface area contributed by atoms with Crippen LogP contribution in [0.3, 0.4) is 0 Å². The number of benzene rings is 2. The lowest BCUT2D eigenvalue weighted by atomic mass is 9.43. The van der Waals surface area contributed by atoms with Crippen LogP contribution in [-0.4, -0.2) is 119 Å². The normalized spacial score (nSPS) is 37.5. The Morgan fingerprint density at radius 2 is 0.725 bits per heavy atom. The van der Waals surface area contributed by atoms with Crippen molar-refractivity contribution >= 4 is 57.9 Å². The van der Waals surface area contributed by atoms with E-state index in [1.165, 1.54) is 68.9 Å². The maximum atomic E-state index is 13.1. The van der Waals surface area contributed by atoms with E-state index in [0.29, 0.717) is 100 Å². The second-order valence-corrected chi connectivity index (χ2v) is 50.2. The maximum absolute atomic E-state index is 13.1. The van der Waals surface area contributed by atoms with Gasteiger partial charge in [0.05, 0.1) is 73.7 Å². The molecule has 3 aliphatic heterocycles. The number of ether oxygens (including phenoxy) is 8. The molecule has 0 aromatic heterocycles. The Morgan fingerprint density at radius 3 is 1.08 bits per heavy atom. The molecule has 2 aromatic rings. The van der Waals surface area contributed by atoms with Crippen LogP contribution < -0.4 is 0 Å². The van der Waals surface area contributed by atoms with Crippen LogP contribution >= 0.6 is 0 Å². The monoisotopic (exact) mass is 1690 g/mol. The molecule has 19 fully saturated rings. The summed E-state index contributed by atoms with van der Waals surface area (Å²) >= 11 is 0. The Hall–Kier alpha value is -5.89. The van der Waals surface area contributed by atoms with Crippen LogP contribution in [0.5, 0.6) is 0 Å². The average molecular weight is 1690 g/mol. The number of rotatable bonds is 14. The van der Waals surface area contributed by atoms with Crippen LogP contribution in [0.25, 0.3) is 0 Å². The molecule has 15 atom stereocenters. The van der Waals surface area contributed by atoms with E-state index in [1.807, 2.05) is 76.2 Å². The third kappa shape index (κ3) is 20.6. The van der Waals surface area contributed by atoms with Gasteiger partial charge in [0.2, 0.25) is 5.60 Å². The molecule has 0 N–H and O–H groups in total. The molecular formula is C100H150O19S. The molecule has 19 aliphatic rings. The summed E-state index contributed by atoms with van der Waals surface area (Å²) in [5, 5.41) is -0.492. The Morgan fingerprint density at radius 1 is 0.383 bits per heavy atom. The van der Waals surface area contributed by atoms with Crippen molar-refractivity contribution in [1.82, 2.24) is 0 Å². The van der Waals surface area contributed by atoms with Crippen LogP contribution in [-0.2, 0) is 101 Å². The molecule has 16 saturated carbocycles. The number of hydrogen-bond donors (Lipinski definition) is 0. The summed E-state index contributed by atoms with van der Waals surface area (Å²) < 4.78 is 72.4. The van der Waals surface area contributed by atoms with Crippen molar-refractivity contribution in [2.24, 2.45) is 125 Å². The lowest BCUT2D eigenvalue weighted by molar-refractivity contribution is -0.181. The molecular weight excluding hydrogens is 1540 g/mol. The molecule has 19 nitrogen and oxygen atoms in total. The van der Waals surface area contributed by atoms with E-state index < -0.39 is 50.4 Å². The summed E-state index contributed by atoms with van der Waals surface area (Å²) in [5.74, 6) is 2.65. The summed E-state index contributed by atoms with van der Waals surface area (Å²) in [6.07, 6.45) is 26.1. The minimum absolute atomic E-state index is 0.0368. The Kier molecular flexibility index (Phi) is 26.5. The smallest absolute Gasteiger partial charge is 0.350 e. The Labute approximate surface area is 719 Å². The second kappa shape index (κ2) is 34.1. The average Bonchev–Trinajstić information content (AvgIpc) is 1.58. The van der Waals surface area contributed by atoms with Gasteiger partial charge in [-0.2, -0.15) is 8.42 Å². The first-order chi connectivity index (χ1) is 55.7. The molecule has 3 saturated heterocycles. The molecule has 16 bridgehead atoms. The van der Waals surface area contributed by atoms with Crippen molar-refractivity contribution in [3.63, 3.8) is 0 Å². The summed E-state index contributed by atoms with van der Waals surface area (Å²) in [6.45, 7) is 46.3. The summed E-state index contributed by atoms with van der Waals surface area (Å²) in [6, 6.07) is 21.9. The van der Waals surface area contributed by atoms with Gasteiger partial charge in [-0.3, -0.25) is 33.0 Å². The highest BCUT2D eigenvalue weighted by molar-refractivity contribution is 7.87. The largest absolute Gasteiger partial charge is 0.465 e. The topological polar surface area (TPSA) is 254 Å². The quantitative estimate of drug-likeness (QED) is 0.0737. The summed E-state index contributed by atoms with van der Waals surface area (Å²) in [4.78, 5) is 97.7. The first-order valence-electron chi connectivity index (χ1n) is 46.1. The number of hydrogen-bond acceptors (Lipinski definition) is 19. The minimum Gasteiger partial charge on any atom is -0.465 e. The fourth-order valence-electron chi connectivity index (χ4n) is 26.0. The Bertz CT molecular complexity index is 4000. The zero-order chi connectivity index (χ0) is 87.8. The molecule has 15 unspecified atom stereocenters. The van der Waals surface area contributed by atoms with Gasteiger partial charge in [-0.25, -0.2) is 9.59 Å². The van der Waals surface area contributed by atoms with Gasteiger partial charge in [0.15, 0.2) is 11.5 Å². The minimum atomic E-state index is -3.59. The van der Waals surface area contributed by atoms with Crippen LogP contribution in [0.15, 0.2) is 60.7 Å². The van der Waals surface area contributed by atoms with Crippen molar-refractivity contribution in [3.8, 4) is 0 Å². The van der Waals surface area contributed by atoms with Crippen LogP contribution in [0.1, 0.15) is 317 Å². The van der Waals surface area contributed by atoms with Gasteiger partial charge in [-0.05, 0) is 255 Å². The van der Waals surface area contributed by atoms with E-state index >= 15 is 0 Å². The number of cyclic esters (lactones) is 1. The number of fused-ring (bicyclic) bond motifs is 2. The molecule has 0 amide bonds. The third-order valence-electron chi connectivity index (χ3n) is 29.2. The predicted octanol–water partition coefficient (Wildman–Crippen LogP) is 20.0. The Balaban J connectivity index is 0.000000133. The summed E-state index contributed by atoms with van der Waals surface area (Å²) in [5.41, 5.74) is 0.924. The zero-order valence-corrected chi connectivity index (χ0v) is 77.9. The van der Waals surface area contributed by atoms with Crippen molar-refractivity contribution < 1.29 is 88.9 Å². The van der Waals surface area contributed by atoms with E-state index in [2.05, 4.69) is 135 Å². The standard InChI is InChI=1S/2C22H30O2.C17H28O2.C14H20O4.C13H20O5S.C10H16O4.C2H6/c2*1-20(2,3)15-24-19(23)22-12-16-9-17(13-22)11-21(10-16,14-22)18-7-5-4-6-8-18;1-15(2,3)11-19-14(18)17-8-12-5-13(9-17)7-16(4,6-12)10-17;1-13(2,3)7-17-12(16)14-6-8-4-9(10(14)5-8)11(15)18-14;1-12(2,3)7-17-11(14)13-6-8-4-9(13)10(5-8)19(15,16)18-13;1-10(2,3)6-14-9(12)7-4-5-13-8(7)11;1-2/h2*4-8,16-17H,9-15H2,1-3H3;12-13H,5-11H2,1-4H3;8-10H,4-7H2,1-3H3;8-10H,4-7H2,1-3H3;7H,4-6H2,1-3H3;1-2H3. The zero-order valence-electron chi connectivity index (χ0n) is 77.1. The molecule has 3 heterocycles. The molecule has 20 heteroatoms. The van der Waals surface area contributed by atoms with E-state index in [4.69, 9.17) is 37.3 Å². The first kappa shape index (κ1) is 93.3. The fourth-order valence-corrected chi connectivity index (χ4v) is 28.1. The van der Waals surface area contributed by atoms with Crippen molar-refractivity contribution in [2.45, 2.75) is 333 Å². The van der Waals surface area contributed by atoms with Crippen molar-refractivity contribution in [3.05, 3.63) is 71.8 Å². The molecule has 0 spiro atoms. The molecule has 670 valence electrons. The molecule has 2 aromatic carbocycles.